The van der Waals surface area contributed by atoms with Gasteiger partial charge in [-0.25, -0.2) is 9.18 Å². The van der Waals surface area contributed by atoms with E-state index in [0.29, 0.717) is 11.2 Å². The minimum atomic E-state index is -0.853. The average molecular weight is 364 g/mol. The first kappa shape index (κ1) is 17.1. The highest BCUT2D eigenvalue weighted by molar-refractivity contribution is 6.30. The predicted molar refractivity (Wildman–Crippen MR) is 89.9 cm³/mol. The maximum Gasteiger partial charge on any atom is 0.367 e. The second kappa shape index (κ2) is 6.64. The third-order valence-electron chi connectivity index (χ3n) is 3.87. The Kier molecular flexibility index (Phi) is 4.54. The molecular formula is C16H15ClFN5O2. The van der Waals surface area contributed by atoms with Crippen LogP contribution in [0.5, 0.6) is 0 Å². The summed E-state index contributed by atoms with van der Waals surface area (Å²) in [5.41, 5.74) is 0.398. The molecule has 7 nitrogen and oxygen atoms in total. The van der Waals surface area contributed by atoms with Crippen molar-refractivity contribution in [2.24, 2.45) is 0 Å². The second-order valence-electron chi connectivity index (χ2n) is 5.60. The van der Waals surface area contributed by atoms with E-state index >= 15 is 0 Å². The molecule has 0 unspecified atom stereocenters. The van der Waals surface area contributed by atoms with Crippen molar-refractivity contribution in [3.8, 4) is 0 Å². The van der Waals surface area contributed by atoms with Crippen LogP contribution in [0.3, 0.4) is 0 Å². The number of benzene rings is 1. The summed E-state index contributed by atoms with van der Waals surface area (Å²) in [5.74, 6) is -0.982. The highest BCUT2D eigenvalue weighted by Gasteiger charge is 2.22. The summed E-state index contributed by atoms with van der Waals surface area (Å²) in [6.45, 7) is 3.26. The van der Waals surface area contributed by atoms with Crippen molar-refractivity contribution in [3.05, 3.63) is 63.4 Å². The maximum atomic E-state index is 13.6. The van der Waals surface area contributed by atoms with Crippen LogP contribution in [0.4, 0.5) is 4.39 Å². The fourth-order valence-electron chi connectivity index (χ4n) is 2.40. The zero-order valence-corrected chi connectivity index (χ0v) is 14.2. The molecule has 2 heterocycles. The van der Waals surface area contributed by atoms with Crippen molar-refractivity contribution < 1.29 is 9.18 Å². The fraction of sp³-hybridized carbons (Fsp3) is 0.250. The maximum absolute atomic E-state index is 13.6. The molecule has 0 aliphatic carbocycles. The van der Waals surface area contributed by atoms with E-state index < -0.39 is 29.5 Å². The van der Waals surface area contributed by atoms with Crippen molar-refractivity contribution in [1.82, 2.24) is 24.7 Å². The zero-order valence-electron chi connectivity index (χ0n) is 13.5. The number of nitrogens with one attached hydrogen (secondary N) is 1. The molecule has 2 atom stereocenters. The molecule has 0 spiro atoms. The Morgan fingerprint density at radius 3 is 2.76 bits per heavy atom. The van der Waals surface area contributed by atoms with Gasteiger partial charge >= 0.3 is 5.69 Å². The van der Waals surface area contributed by atoms with E-state index in [1.807, 2.05) is 0 Å². The molecule has 1 aromatic carbocycles. The molecule has 130 valence electrons. The van der Waals surface area contributed by atoms with Gasteiger partial charge in [-0.2, -0.15) is 14.3 Å². The van der Waals surface area contributed by atoms with Crippen molar-refractivity contribution in [2.45, 2.75) is 25.9 Å². The first-order valence-corrected chi connectivity index (χ1v) is 7.94. The van der Waals surface area contributed by atoms with Gasteiger partial charge in [0.1, 0.15) is 11.9 Å². The number of halogens is 2. The van der Waals surface area contributed by atoms with Crippen LogP contribution in [0.15, 0.2) is 41.3 Å². The molecule has 0 saturated carbocycles. The van der Waals surface area contributed by atoms with Gasteiger partial charge in [-0.1, -0.05) is 17.7 Å². The topological polar surface area (TPSA) is 81.3 Å². The summed E-state index contributed by atoms with van der Waals surface area (Å²) in [6, 6.07) is 6.27. The molecule has 1 N–H and O–H groups in total. The van der Waals surface area contributed by atoms with Crippen molar-refractivity contribution >= 4 is 23.2 Å². The van der Waals surface area contributed by atoms with Crippen LogP contribution >= 0.6 is 11.6 Å². The molecule has 9 heteroatoms. The normalized spacial score (nSPS) is 13.6. The third-order valence-corrected chi connectivity index (χ3v) is 4.17. The van der Waals surface area contributed by atoms with E-state index in [0.717, 1.165) is 9.20 Å². The van der Waals surface area contributed by atoms with E-state index in [2.05, 4.69) is 15.5 Å². The van der Waals surface area contributed by atoms with E-state index in [1.54, 1.807) is 32.0 Å². The molecule has 3 rings (SSSR count). The van der Waals surface area contributed by atoms with Crippen LogP contribution in [-0.2, 0) is 4.79 Å². The number of aromatic nitrogens is 4. The summed E-state index contributed by atoms with van der Waals surface area (Å²) < 4.78 is 15.7. The monoisotopic (exact) mass is 363 g/mol. The first-order chi connectivity index (χ1) is 11.9. The summed E-state index contributed by atoms with van der Waals surface area (Å²) in [7, 11) is 0. The first-order valence-electron chi connectivity index (χ1n) is 7.56. The molecule has 1 amide bonds. The molecule has 3 aromatic rings. The number of carbonyl (C=O) groups excluding carboxylic acids is 1. The molecule has 0 bridgehead atoms. The smallest absolute Gasteiger partial charge is 0.348 e. The molecule has 2 aromatic heterocycles. The van der Waals surface area contributed by atoms with Crippen molar-refractivity contribution in [2.75, 3.05) is 0 Å². The number of rotatable bonds is 4. The van der Waals surface area contributed by atoms with Crippen LogP contribution in [0.25, 0.3) is 5.65 Å². The number of carbonyl (C=O) groups is 1. The number of fused-ring (bicyclic) bond motifs is 1. The Balaban J connectivity index is 1.80. The SMILES string of the molecule is C[C@H](NC(=O)[C@@H](C)n1nc2cccnn2c1=O)c1ccc(Cl)c(F)c1. The van der Waals surface area contributed by atoms with Crippen molar-refractivity contribution in [3.63, 3.8) is 0 Å². The van der Waals surface area contributed by atoms with Gasteiger partial charge in [0, 0.05) is 6.20 Å². The predicted octanol–water partition coefficient (Wildman–Crippen LogP) is 2.12. The van der Waals surface area contributed by atoms with E-state index in [9.17, 15) is 14.0 Å². The highest BCUT2D eigenvalue weighted by Crippen LogP contribution is 2.20. The molecule has 0 saturated heterocycles. The highest BCUT2D eigenvalue weighted by atomic mass is 35.5. The Morgan fingerprint density at radius 2 is 2.08 bits per heavy atom. The summed E-state index contributed by atoms with van der Waals surface area (Å²) >= 11 is 5.66. The van der Waals surface area contributed by atoms with Gasteiger partial charge in [0.25, 0.3) is 0 Å². The summed E-state index contributed by atoms with van der Waals surface area (Å²) in [4.78, 5) is 24.7. The lowest BCUT2D eigenvalue weighted by atomic mass is 10.1. The molecule has 0 radical (unpaired) electrons. The number of hydrogen-bond donors (Lipinski definition) is 1. The van der Waals surface area contributed by atoms with Crippen LogP contribution in [-0.4, -0.2) is 25.3 Å². The van der Waals surface area contributed by atoms with Crippen molar-refractivity contribution in [1.29, 1.82) is 0 Å². The van der Waals surface area contributed by atoms with Crippen LogP contribution in [0, 0.1) is 5.82 Å². The van der Waals surface area contributed by atoms with Gasteiger partial charge in [0.15, 0.2) is 5.65 Å². The minimum Gasteiger partial charge on any atom is -0.348 e. The molecule has 0 fully saturated rings. The van der Waals surface area contributed by atoms with Crippen LogP contribution in [0.1, 0.15) is 31.5 Å². The van der Waals surface area contributed by atoms with E-state index in [1.165, 1.54) is 18.3 Å². The standard InChI is InChI=1S/C16H15ClFN5O2/c1-9(11-5-6-12(17)13(18)8-11)20-15(24)10(2)22-16(25)23-14(21-22)4-3-7-19-23/h3-10H,1-2H3,(H,20,24)/t9-,10+/m0/s1. The number of nitrogens with zero attached hydrogens (tertiary/aromatic N) is 4. The quantitative estimate of drug-likeness (QED) is 0.769. The van der Waals surface area contributed by atoms with Gasteiger partial charge in [-0.05, 0) is 43.7 Å². The van der Waals surface area contributed by atoms with Crippen LogP contribution in [0.2, 0.25) is 5.02 Å². The van der Waals surface area contributed by atoms with E-state index in [4.69, 9.17) is 11.6 Å². The largest absolute Gasteiger partial charge is 0.367 e. The molecular weight excluding hydrogens is 349 g/mol. The van der Waals surface area contributed by atoms with Gasteiger partial charge in [0.05, 0.1) is 11.1 Å². The summed E-state index contributed by atoms with van der Waals surface area (Å²) in [5, 5.41) is 10.8. The Morgan fingerprint density at radius 1 is 1.32 bits per heavy atom. The van der Waals surface area contributed by atoms with Gasteiger partial charge in [0.2, 0.25) is 5.91 Å². The Hall–Kier alpha value is -2.74. The lowest BCUT2D eigenvalue weighted by Gasteiger charge is -2.17. The zero-order chi connectivity index (χ0) is 18.1. The number of hydrogen-bond acceptors (Lipinski definition) is 4. The summed E-state index contributed by atoms with van der Waals surface area (Å²) in [6.07, 6.45) is 1.46. The number of amides is 1. The van der Waals surface area contributed by atoms with Crippen LogP contribution < -0.4 is 11.0 Å². The Labute approximate surface area is 147 Å². The second-order valence-corrected chi connectivity index (χ2v) is 6.01. The average Bonchev–Trinajstić information content (AvgIpc) is 2.93. The lowest BCUT2D eigenvalue weighted by Crippen LogP contribution is -2.37. The Bertz CT molecular complexity index is 1000. The molecule has 0 aliphatic heterocycles. The van der Waals surface area contributed by atoms with Gasteiger partial charge < -0.3 is 5.32 Å². The molecule has 0 aliphatic rings. The molecule has 25 heavy (non-hydrogen) atoms. The minimum absolute atomic E-state index is 0.0133. The van der Waals surface area contributed by atoms with Gasteiger partial charge in [-0.15, -0.1) is 5.10 Å². The van der Waals surface area contributed by atoms with Gasteiger partial charge in [-0.3, -0.25) is 4.79 Å². The fourth-order valence-corrected chi connectivity index (χ4v) is 2.52. The third kappa shape index (κ3) is 3.25. The lowest BCUT2D eigenvalue weighted by molar-refractivity contribution is -0.124. The van der Waals surface area contributed by atoms with E-state index in [-0.39, 0.29) is 5.02 Å².